The third-order valence-corrected chi connectivity index (χ3v) is 2.48. The predicted molar refractivity (Wildman–Crippen MR) is 67.8 cm³/mol. The third-order valence-electron chi connectivity index (χ3n) is 2.48. The van der Waals surface area contributed by atoms with Crippen LogP contribution in [0.5, 0.6) is 0 Å². The van der Waals surface area contributed by atoms with E-state index in [2.05, 4.69) is 5.10 Å². The molecular weight excluding hydrogens is 269 g/mol. The summed E-state index contributed by atoms with van der Waals surface area (Å²) in [5.41, 5.74) is 1.40. The van der Waals surface area contributed by atoms with Crippen LogP contribution < -0.4 is 5.43 Å². The summed E-state index contributed by atoms with van der Waals surface area (Å²) in [4.78, 5) is 11.6. The van der Waals surface area contributed by atoms with Gasteiger partial charge in [0.05, 0.1) is 17.3 Å². The quantitative estimate of drug-likeness (QED) is 0.680. The van der Waals surface area contributed by atoms with Gasteiger partial charge in [-0.05, 0) is 24.3 Å². The lowest BCUT2D eigenvalue weighted by molar-refractivity contribution is 0.0951. The molecule has 102 valence electrons. The van der Waals surface area contributed by atoms with Crippen molar-refractivity contribution in [3.63, 3.8) is 0 Å². The Labute approximate surface area is 112 Å². The molecule has 0 saturated carbocycles. The van der Waals surface area contributed by atoms with Gasteiger partial charge in [0.1, 0.15) is 17.5 Å². The summed E-state index contributed by atoms with van der Waals surface area (Å²) < 4.78 is 39.8. The molecular formula is C14H9F3N2O. The highest BCUT2D eigenvalue weighted by Crippen LogP contribution is 2.09. The number of carbonyl (C=O) groups excluding carboxylic acids is 1. The van der Waals surface area contributed by atoms with Gasteiger partial charge in [-0.2, -0.15) is 5.10 Å². The molecule has 0 radical (unpaired) electrons. The van der Waals surface area contributed by atoms with Crippen molar-refractivity contribution >= 4 is 12.1 Å². The van der Waals surface area contributed by atoms with Crippen molar-refractivity contribution in [3.8, 4) is 0 Å². The van der Waals surface area contributed by atoms with E-state index in [1.165, 1.54) is 24.3 Å². The lowest BCUT2D eigenvalue weighted by Crippen LogP contribution is -2.19. The molecule has 0 heterocycles. The van der Waals surface area contributed by atoms with Crippen LogP contribution in [-0.4, -0.2) is 12.1 Å². The second-order valence-electron chi connectivity index (χ2n) is 3.81. The van der Waals surface area contributed by atoms with E-state index in [0.29, 0.717) is 0 Å². The highest BCUT2D eigenvalue weighted by Gasteiger charge is 2.10. The number of hydrogen-bond acceptors (Lipinski definition) is 2. The number of nitrogens with zero attached hydrogens (tertiary/aromatic N) is 1. The number of amides is 1. The molecule has 20 heavy (non-hydrogen) atoms. The van der Waals surface area contributed by atoms with Gasteiger partial charge in [0, 0.05) is 0 Å². The minimum atomic E-state index is -0.811. The molecule has 2 aromatic rings. The number of hydrogen-bond donors (Lipinski definition) is 1. The molecule has 6 heteroatoms. The SMILES string of the molecule is O=C(N/N=C\c1c(F)cccc1F)c1ccccc1F. The Hall–Kier alpha value is -2.63. The third kappa shape index (κ3) is 3.03. The van der Waals surface area contributed by atoms with Crippen LogP contribution in [0.4, 0.5) is 13.2 Å². The van der Waals surface area contributed by atoms with Crippen LogP contribution in [-0.2, 0) is 0 Å². The van der Waals surface area contributed by atoms with Crippen molar-refractivity contribution in [2.45, 2.75) is 0 Å². The van der Waals surface area contributed by atoms with E-state index in [9.17, 15) is 18.0 Å². The first-order valence-electron chi connectivity index (χ1n) is 5.61. The summed E-state index contributed by atoms with van der Waals surface area (Å²) in [6, 6.07) is 8.63. The van der Waals surface area contributed by atoms with Gasteiger partial charge in [0.2, 0.25) is 0 Å². The maximum atomic E-state index is 13.3. The van der Waals surface area contributed by atoms with Crippen molar-refractivity contribution in [2.24, 2.45) is 5.10 Å². The molecule has 0 aliphatic heterocycles. The minimum Gasteiger partial charge on any atom is -0.267 e. The van der Waals surface area contributed by atoms with Crippen LogP contribution in [0.2, 0.25) is 0 Å². The number of benzene rings is 2. The fourth-order valence-corrected chi connectivity index (χ4v) is 1.50. The predicted octanol–water partition coefficient (Wildman–Crippen LogP) is 2.87. The van der Waals surface area contributed by atoms with E-state index < -0.39 is 23.4 Å². The van der Waals surface area contributed by atoms with Gasteiger partial charge in [0.25, 0.3) is 5.91 Å². The number of halogens is 3. The highest BCUT2D eigenvalue weighted by molar-refractivity contribution is 5.95. The smallest absolute Gasteiger partial charge is 0.267 e. The van der Waals surface area contributed by atoms with Crippen molar-refractivity contribution < 1.29 is 18.0 Å². The Morgan fingerprint density at radius 2 is 1.55 bits per heavy atom. The van der Waals surface area contributed by atoms with Crippen LogP contribution in [0.15, 0.2) is 47.6 Å². The molecule has 0 atom stereocenters. The second-order valence-corrected chi connectivity index (χ2v) is 3.81. The summed E-state index contributed by atoms with van der Waals surface area (Å²) >= 11 is 0. The van der Waals surface area contributed by atoms with Gasteiger partial charge in [-0.3, -0.25) is 4.79 Å². The maximum absolute atomic E-state index is 13.3. The number of nitrogens with one attached hydrogen (secondary N) is 1. The van der Waals surface area contributed by atoms with Gasteiger partial charge in [0.15, 0.2) is 0 Å². The molecule has 0 bridgehead atoms. The number of hydrazone groups is 1. The van der Waals surface area contributed by atoms with Crippen molar-refractivity contribution in [1.82, 2.24) is 5.43 Å². The average Bonchev–Trinajstić information content (AvgIpc) is 2.42. The minimum absolute atomic E-state index is 0.210. The van der Waals surface area contributed by atoms with E-state index in [4.69, 9.17) is 0 Å². The van der Waals surface area contributed by atoms with Gasteiger partial charge in [-0.25, -0.2) is 18.6 Å². The normalized spacial score (nSPS) is 10.8. The van der Waals surface area contributed by atoms with Gasteiger partial charge in [-0.1, -0.05) is 18.2 Å². The van der Waals surface area contributed by atoms with Crippen LogP contribution in [0.3, 0.4) is 0 Å². The summed E-state index contributed by atoms with van der Waals surface area (Å²) in [5.74, 6) is -3.14. The zero-order valence-corrected chi connectivity index (χ0v) is 10.1. The number of carbonyl (C=O) groups is 1. The largest absolute Gasteiger partial charge is 0.274 e. The maximum Gasteiger partial charge on any atom is 0.274 e. The van der Waals surface area contributed by atoms with E-state index in [1.807, 2.05) is 5.43 Å². The molecule has 0 spiro atoms. The topological polar surface area (TPSA) is 41.5 Å². The molecule has 0 aliphatic rings. The molecule has 2 rings (SSSR count). The van der Waals surface area contributed by atoms with Crippen LogP contribution in [0, 0.1) is 17.5 Å². The average molecular weight is 278 g/mol. The Morgan fingerprint density at radius 3 is 2.20 bits per heavy atom. The van der Waals surface area contributed by atoms with Crippen LogP contribution in [0.1, 0.15) is 15.9 Å². The summed E-state index contributed by atoms with van der Waals surface area (Å²) in [6.45, 7) is 0. The fraction of sp³-hybridized carbons (Fsp3) is 0. The summed E-state index contributed by atoms with van der Waals surface area (Å²) in [5, 5.41) is 3.41. The molecule has 1 N–H and O–H groups in total. The van der Waals surface area contributed by atoms with E-state index in [0.717, 1.165) is 24.4 Å². The van der Waals surface area contributed by atoms with E-state index >= 15 is 0 Å². The van der Waals surface area contributed by atoms with Crippen molar-refractivity contribution in [3.05, 3.63) is 71.0 Å². The Kier molecular flexibility index (Phi) is 4.14. The van der Waals surface area contributed by atoms with Crippen molar-refractivity contribution in [1.29, 1.82) is 0 Å². The molecule has 0 unspecified atom stereocenters. The molecule has 2 aromatic carbocycles. The zero-order valence-electron chi connectivity index (χ0n) is 10.1. The molecule has 0 fully saturated rings. The van der Waals surface area contributed by atoms with Crippen LogP contribution in [0.25, 0.3) is 0 Å². The first kappa shape index (κ1) is 13.8. The monoisotopic (exact) mass is 278 g/mol. The lowest BCUT2D eigenvalue weighted by atomic mass is 10.2. The molecule has 0 saturated heterocycles. The Bertz CT molecular complexity index is 651. The standard InChI is InChI=1S/C14H9F3N2O/c15-11-5-2-1-4-9(11)14(20)19-18-8-10-12(16)6-3-7-13(10)17/h1-8H,(H,19,20)/b18-8-. The lowest BCUT2D eigenvalue weighted by Gasteiger charge is -2.01. The van der Waals surface area contributed by atoms with Crippen LogP contribution >= 0.6 is 0 Å². The van der Waals surface area contributed by atoms with E-state index in [1.54, 1.807) is 0 Å². The van der Waals surface area contributed by atoms with Gasteiger partial charge in [-0.15, -0.1) is 0 Å². The molecule has 1 amide bonds. The molecule has 3 nitrogen and oxygen atoms in total. The Morgan fingerprint density at radius 1 is 0.950 bits per heavy atom. The first-order valence-corrected chi connectivity index (χ1v) is 5.61. The fourth-order valence-electron chi connectivity index (χ4n) is 1.50. The molecule has 0 aromatic heterocycles. The zero-order chi connectivity index (χ0) is 14.5. The van der Waals surface area contributed by atoms with E-state index in [-0.39, 0.29) is 11.1 Å². The summed E-state index contributed by atoms with van der Waals surface area (Å²) in [7, 11) is 0. The Balaban J connectivity index is 2.11. The van der Waals surface area contributed by atoms with Gasteiger partial charge < -0.3 is 0 Å². The van der Waals surface area contributed by atoms with Crippen molar-refractivity contribution in [2.75, 3.05) is 0 Å². The highest BCUT2D eigenvalue weighted by atomic mass is 19.1. The van der Waals surface area contributed by atoms with Gasteiger partial charge >= 0.3 is 0 Å². The number of rotatable bonds is 3. The summed E-state index contributed by atoms with van der Waals surface area (Å²) in [6.07, 6.45) is 0.823. The first-order chi connectivity index (χ1) is 9.59. The second kappa shape index (κ2) is 6.01. The molecule has 0 aliphatic carbocycles.